The quantitative estimate of drug-likeness (QED) is 0.831. The highest BCUT2D eigenvalue weighted by atomic mass is 16.4. The number of carbonyl (C=O) groups excluding carboxylic acids is 1. The summed E-state index contributed by atoms with van der Waals surface area (Å²) >= 11 is 0. The first-order valence-corrected chi connectivity index (χ1v) is 6.11. The summed E-state index contributed by atoms with van der Waals surface area (Å²) in [7, 11) is 0. The number of amides is 1. The molecule has 1 aromatic heterocycles. The second-order valence-corrected chi connectivity index (χ2v) is 4.59. The largest absolute Gasteiger partial charge is 0.478 e. The minimum absolute atomic E-state index is 0.0531. The number of nitrogens with zero attached hydrogens (tertiary/aromatic N) is 1. The molecule has 0 aromatic carbocycles. The normalized spacial score (nSPS) is 21.4. The van der Waals surface area contributed by atoms with E-state index in [1.54, 1.807) is 0 Å². The van der Waals surface area contributed by atoms with Gasteiger partial charge in [0.2, 0.25) is 0 Å². The van der Waals surface area contributed by atoms with Gasteiger partial charge < -0.3 is 10.4 Å². The van der Waals surface area contributed by atoms with E-state index in [2.05, 4.69) is 17.2 Å². The maximum Gasteiger partial charge on any atom is 0.338 e. The predicted molar refractivity (Wildman–Crippen MR) is 65.5 cm³/mol. The lowest BCUT2D eigenvalue weighted by molar-refractivity contribution is 0.0690. The van der Waals surface area contributed by atoms with Crippen molar-refractivity contribution in [3.63, 3.8) is 0 Å². The first kappa shape index (κ1) is 12.5. The van der Waals surface area contributed by atoms with Crippen LogP contribution in [-0.2, 0) is 0 Å². The molecule has 1 saturated carbocycles. The van der Waals surface area contributed by atoms with Gasteiger partial charge >= 0.3 is 5.97 Å². The molecule has 2 unspecified atom stereocenters. The number of aromatic nitrogens is 1. The van der Waals surface area contributed by atoms with Crippen LogP contribution in [-0.4, -0.2) is 28.0 Å². The van der Waals surface area contributed by atoms with Crippen LogP contribution in [0.1, 0.15) is 46.9 Å². The van der Waals surface area contributed by atoms with E-state index in [9.17, 15) is 9.59 Å². The van der Waals surface area contributed by atoms with E-state index < -0.39 is 5.97 Å². The average molecular weight is 248 g/mol. The monoisotopic (exact) mass is 248 g/mol. The van der Waals surface area contributed by atoms with Gasteiger partial charge in [-0.05, 0) is 24.8 Å². The molecular weight excluding hydrogens is 232 g/mol. The number of rotatable bonds is 5. The standard InChI is InChI=1S/C13H16N2O3/c1-2-3-8-6-11(8)15-12(16)9-4-5-14-7-10(9)13(17)18/h4-5,7-8,11H,2-3,6H2,1H3,(H,15,16)(H,17,18). The number of hydrogen-bond acceptors (Lipinski definition) is 3. The first-order chi connectivity index (χ1) is 8.63. The van der Waals surface area contributed by atoms with Crippen LogP contribution < -0.4 is 5.32 Å². The SMILES string of the molecule is CCCC1CC1NC(=O)c1ccncc1C(=O)O. The number of nitrogens with one attached hydrogen (secondary N) is 1. The van der Waals surface area contributed by atoms with Gasteiger partial charge in [-0.25, -0.2) is 4.79 Å². The third-order valence-corrected chi connectivity index (χ3v) is 3.19. The summed E-state index contributed by atoms with van der Waals surface area (Å²) in [5, 5.41) is 11.9. The predicted octanol–water partition coefficient (Wildman–Crippen LogP) is 1.70. The molecule has 0 radical (unpaired) electrons. The van der Waals surface area contributed by atoms with Crippen molar-refractivity contribution in [1.82, 2.24) is 10.3 Å². The first-order valence-electron chi connectivity index (χ1n) is 6.11. The van der Waals surface area contributed by atoms with E-state index in [0.717, 1.165) is 19.3 Å². The van der Waals surface area contributed by atoms with Crippen LogP contribution in [0, 0.1) is 5.92 Å². The van der Waals surface area contributed by atoms with E-state index >= 15 is 0 Å². The van der Waals surface area contributed by atoms with Crippen molar-refractivity contribution in [3.05, 3.63) is 29.6 Å². The number of pyridine rings is 1. The number of carboxylic acid groups (broad SMARTS) is 1. The van der Waals surface area contributed by atoms with E-state index in [1.807, 2.05) is 0 Å². The maximum absolute atomic E-state index is 12.0. The summed E-state index contributed by atoms with van der Waals surface area (Å²) < 4.78 is 0. The topological polar surface area (TPSA) is 79.3 Å². The van der Waals surface area contributed by atoms with Crippen molar-refractivity contribution in [3.8, 4) is 0 Å². The minimum Gasteiger partial charge on any atom is -0.478 e. The molecule has 1 amide bonds. The lowest BCUT2D eigenvalue weighted by atomic mass is 10.1. The number of carbonyl (C=O) groups is 2. The summed E-state index contributed by atoms with van der Waals surface area (Å²) in [6.45, 7) is 2.11. The third kappa shape index (κ3) is 2.67. The zero-order valence-electron chi connectivity index (χ0n) is 10.2. The fraction of sp³-hybridized carbons (Fsp3) is 0.462. The second-order valence-electron chi connectivity index (χ2n) is 4.59. The van der Waals surface area contributed by atoms with E-state index in [1.165, 1.54) is 18.5 Å². The van der Waals surface area contributed by atoms with Crippen LogP contribution in [0.3, 0.4) is 0 Å². The highest BCUT2D eigenvalue weighted by Gasteiger charge is 2.37. The fourth-order valence-electron chi connectivity index (χ4n) is 2.12. The average Bonchev–Trinajstić information content (AvgIpc) is 3.07. The summed E-state index contributed by atoms with van der Waals surface area (Å²) in [5.41, 5.74) is 0.127. The molecule has 1 heterocycles. The Labute approximate surface area is 105 Å². The molecule has 0 saturated heterocycles. The zero-order chi connectivity index (χ0) is 13.1. The van der Waals surface area contributed by atoms with Crippen molar-refractivity contribution in [2.24, 2.45) is 5.92 Å². The van der Waals surface area contributed by atoms with Crippen molar-refractivity contribution < 1.29 is 14.7 Å². The third-order valence-electron chi connectivity index (χ3n) is 3.19. The van der Waals surface area contributed by atoms with Gasteiger partial charge in [0.05, 0.1) is 11.1 Å². The molecule has 2 rings (SSSR count). The molecule has 0 aliphatic heterocycles. The Bertz CT molecular complexity index is 473. The van der Waals surface area contributed by atoms with Gasteiger partial charge in [-0.3, -0.25) is 9.78 Å². The highest BCUT2D eigenvalue weighted by Crippen LogP contribution is 2.34. The van der Waals surface area contributed by atoms with Gasteiger partial charge in [-0.2, -0.15) is 0 Å². The Balaban J connectivity index is 2.04. The number of hydrogen-bond donors (Lipinski definition) is 2. The summed E-state index contributed by atoms with van der Waals surface area (Å²) in [5.74, 6) is -0.901. The molecule has 18 heavy (non-hydrogen) atoms. The van der Waals surface area contributed by atoms with Gasteiger partial charge in [-0.15, -0.1) is 0 Å². The smallest absolute Gasteiger partial charge is 0.338 e. The van der Waals surface area contributed by atoms with Gasteiger partial charge in [-0.1, -0.05) is 13.3 Å². The number of aromatic carboxylic acids is 1. The lowest BCUT2D eigenvalue weighted by Gasteiger charge is -2.06. The number of carboxylic acids is 1. The summed E-state index contributed by atoms with van der Waals surface area (Å²) in [4.78, 5) is 26.7. The molecule has 1 aromatic rings. The molecule has 0 bridgehead atoms. The lowest BCUT2D eigenvalue weighted by Crippen LogP contribution is -2.28. The van der Waals surface area contributed by atoms with Crippen LogP contribution in [0.2, 0.25) is 0 Å². The van der Waals surface area contributed by atoms with Crippen molar-refractivity contribution in [1.29, 1.82) is 0 Å². The molecule has 2 N–H and O–H groups in total. The molecule has 5 nitrogen and oxygen atoms in total. The van der Waals surface area contributed by atoms with E-state index in [0.29, 0.717) is 5.92 Å². The Morgan fingerprint density at radius 2 is 2.28 bits per heavy atom. The summed E-state index contributed by atoms with van der Waals surface area (Å²) in [6.07, 6.45) is 5.83. The molecule has 1 aliphatic rings. The zero-order valence-corrected chi connectivity index (χ0v) is 10.2. The second kappa shape index (κ2) is 5.16. The Morgan fingerprint density at radius 3 is 2.94 bits per heavy atom. The maximum atomic E-state index is 12.0. The van der Waals surface area contributed by atoms with Crippen LogP contribution in [0.5, 0.6) is 0 Å². The minimum atomic E-state index is -1.13. The molecule has 2 atom stereocenters. The van der Waals surface area contributed by atoms with Gasteiger partial charge in [0.1, 0.15) is 0 Å². The van der Waals surface area contributed by atoms with Crippen LogP contribution in [0.4, 0.5) is 0 Å². The van der Waals surface area contributed by atoms with Crippen molar-refractivity contribution >= 4 is 11.9 Å². The van der Waals surface area contributed by atoms with Crippen LogP contribution in [0.25, 0.3) is 0 Å². The molecule has 96 valence electrons. The van der Waals surface area contributed by atoms with Crippen molar-refractivity contribution in [2.75, 3.05) is 0 Å². The van der Waals surface area contributed by atoms with Crippen LogP contribution in [0.15, 0.2) is 18.5 Å². The molecule has 1 fully saturated rings. The summed E-state index contributed by atoms with van der Waals surface area (Å²) in [6, 6.07) is 1.64. The fourth-order valence-corrected chi connectivity index (χ4v) is 2.12. The molecule has 1 aliphatic carbocycles. The Morgan fingerprint density at radius 1 is 1.50 bits per heavy atom. The van der Waals surface area contributed by atoms with Gasteiger partial charge in [0.15, 0.2) is 0 Å². The van der Waals surface area contributed by atoms with Crippen LogP contribution >= 0.6 is 0 Å². The molecular formula is C13H16N2O3. The van der Waals surface area contributed by atoms with Crippen molar-refractivity contribution in [2.45, 2.75) is 32.2 Å². The molecule has 5 heteroatoms. The van der Waals surface area contributed by atoms with E-state index in [-0.39, 0.29) is 23.1 Å². The van der Waals surface area contributed by atoms with Gasteiger partial charge in [0, 0.05) is 18.4 Å². The Hall–Kier alpha value is -1.91. The van der Waals surface area contributed by atoms with E-state index in [4.69, 9.17) is 5.11 Å². The Kier molecular flexibility index (Phi) is 3.60. The van der Waals surface area contributed by atoms with Gasteiger partial charge in [0.25, 0.3) is 5.91 Å². The highest BCUT2D eigenvalue weighted by molar-refractivity contribution is 6.04. The molecule has 0 spiro atoms.